The number of hydrogen-bond acceptors (Lipinski definition) is 4. The lowest BCUT2D eigenvalue weighted by Gasteiger charge is -2.22. The summed E-state index contributed by atoms with van der Waals surface area (Å²) in [6.07, 6.45) is 0.678. The van der Waals surface area contributed by atoms with Crippen molar-refractivity contribution in [1.82, 2.24) is 0 Å². The number of carbonyl (C=O) groups is 1. The molecule has 13 heavy (non-hydrogen) atoms. The highest BCUT2D eigenvalue weighted by atomic mass is 31.2. The van der Waals surface area contributed by atoms with Crippen LogP contribution in [-0.4, -0.2) is 37.7 Å². The van der Waals surface area contributed by atoms with Gasteiger partial charge in [-0.2, -0.15) is 0 Å². The molecule has 0 amide bonds. The van der Waals surface area contributed by atoms with Gasteiger partial charge >= 0.3 is 7.60 Å². The van der Waals surface area contributed by atoms with Crippen LogP contribution < -0.4 is 0 Å². The van der Waals surface area contributed by atoms with Crippen molar-refractivity contribution >= 4 is 13.1 Å². The maximum atomic E-state index is 10.9. The quantitative estimate of drug-likeness (QED) is 0.341. The monoisotopic (exact) mass is 210 g/mol. The third-order valence-corrected chi connectivity index (χ3v) is 2.35. The third-order valence-electron chi connectivity index (χ3n) is 1.41. The molecule has 1 unspecified atom stereocenters. The van der Waals surface area contributed by atoms with Gasteiger partial charge in [-0.1, -0.05) is 6.08 Å². The van der Waals surface area contributed by atoms with Crippen LogP contribution in [0.1, 0.15) is 6.42 Å². The molecule has 1 atom stereocenters. The Kier molecular flexibility index (Phi) is 3.96. The predicted molar refractivity (Wildman–Crippen MR) is 43.9 cm³/mol. The van der Waals surface area contributed by atoms with E-state index in [4.69, 9.17) is 14.9 Å². The van der Waals surface area contributed by atoms with E-state index < -0.39 is 31.7 Å². The van der Waals surface area contributed by atoms with Crippen LogP contribution in [0.15, 0.2) is 12.7 Å². The van der Waals surface area contributed by atoms with E-state index in [-0.39, 0.29) is 0 Å². The van der Waals surface area contributed by atoms with E-state index in [1.54, 1.807) is 0 Å². The van der Waals surface area contributed by atoms with Crippen molar-refractivity contribution in [3.63, 3.8) is 0 Å². The van der Waals surface area contributed by atoms with E-state index >= 15 is 0 Å². The van der Waals surface area contributed by atoms with E-state index in [1.165, 1.54) is 0 Å². The molecule has 0 aliphatic rings. The lowest BCUT2D eigenvalue weighted by Crippen LogP contribution is -2.41. The minimum atomic E-state index is -5.02. The lowest BCUT2D eigenvalue weighted by atomic mass is 10.0. The highest BCUT2D eigenvalue weighted by Crippen LogP contribution is 2.41. The lowest BCUT2D eigenvalue weighted by molar-refractivity contribution is -0.134. The van der Waals surface area contributed by atoms with Crippen LogP contribution in [0.4, 0.5) is 0 Å². The summed E-state index contributed by atoms with van der Waals surface area (Å²) < 4.78 is 10.5. The van der Waals surface area contributed by atoms with Gasteiger partial charge in [0.15, 0.2) is 5.60 Å². The first-order valence-electron chi connectivity index (χ1n) is 3.32. The second-order valence-corrected chi connectivity index (χ2v) is 4.03. The molecule has 6 nitrogen and oxygen atoms in total. The summed E-state index contributed by atoms with van der Waals surface area (Å²) in [5.41, 5.74) is -4.12. The minimum Gasteiger partial charge on any atom is -0.393 e. The molecular weight excluding hydrogens is 199 g/mol. The van der Waals surface area contributed by atoms with Gasteiger partial charge in [-0.05, 0) is 0 Å². The second-order valence-electron chi connectivity index (χ2n) is 2.53. The van der Waals surface area contributed by atoms with E-state index in [1.807, 2.05) is 0 Å². The zero-order chi connectivity index (χ0) is 10.7. The Morgan fingerprint density at radius 2 is 2.00 bits per heavy atom. The summed E-state index contributed by atoms with van der Waals surface area (Å²) >= 11 is 0. The predicted octanol–water partition coefficient (Wildman–Crippen LogP) is -1.01. The van der Waals surface area contributed by atoms with Crippen molar-refractivity contribution < 1.29 is 29.4 Å². The van der Waals surface area contributed by atoms with Gasteiger partial charge in [0.05, 0.1) is 6.61 Å². The van der Waals surface area contributed by atoms with Crippen molar-refractivity contribution in [2.45, 2.75) is 12.0 Å². The molecule has 76 valence electrons. The SMILES string of the molecule is C=CCC(O)(CO)C(=O)P(=O)(O)O. The Labute approximate surface area is 74.7 Å². The molecular formula is C6H11O6P. The normalized spacial score (nSPS) is 16.3. The molecule has 7 heteroatoms. The molecule has 0 radical (unpaired) electrons. The Balaban J connectivity index is 4.88. The van der Waals surface area contributed by atoms with Gasteiger partial charge in [-0.3, -0.25) is 9.36 Å². The average molecular weight is 210 g/mol. The number of aliphatic hydroxyl groups excluding tert-OH is 1. The number of rotatable bonds is 5. The van der Waals surface area contributed by atoms with Crippen LogP contribution >= 0.6 is 7.60 Å². The van der Waals surface area contributed by atoms with Gasteiger partial charge < -0.3 is 20.0 Å². The van der Waals surface area contributed by atoms with Gasteiger partial charge in [-0.25, -0.2) is 0 Å². The molecule has 0 aliphatic heterocycles. The molecule has 0 aromatic carbocycles. The van der Waals surface area contributed by atoms with Crippen molar-refractivity contribution in [3.8, 4) is 0 Å². The van der Waals surface area contributed by atoms with Crippen molar-refractivity contribution in [3.05, 3.63) is 12.7 Å². The van der Waals surface area contributed by atoms with E-state index in [0.29, 0.717) is 0 Å². The summed E-state index contributed by atoms with van der Waals surface area (Å²) in [7, 11) is -5.02. The fraction of sp³-hybridized carbons (Fsp3) is 0.500. The van der Waals surface area contributed by atoms with Gasteiger partial charge in [0.1, 0.15) is 0 Å². The van der Waals surface area contributed by atoms with E-state index in [2.05, 4.69) is 6.58 Å². The Morgan fingerprint density at radius 3 is 2.23 bits per heavy atom. The fourth-order valence-electron chi connectivity index (χ4n) is 0.729. The first-order chi connectivity index (χ1) is 5.78. The van der Waals surface area contributed by atoms with Gasteiger partial charge in [0.2, 0.25) is 0 Å². The van der Waals surface area contributed by atoms with Gasteiger partial charge in [-0.15, -0.1) is 6.58 Å². The van der Waals surface area contributed by atoms with E-state index in [9.17, 15) is 14.5 Å². The number of aliphatic hydroxyl groups is 2. The molecule has 4 N–H and O–H groups in total. The summed E-state index contributed by atoms with van der Waals surface area (Å²) in [5.74, 6) is 0. The van der Waals surface area contributed by atoms with Gasteiger partial charge in [0.25, 0.3) is 5.52 Å². The van der Waals surface area contributed by atoms with Crippen molar-refractivity contribution in [2.24, 2.45) is 0 Å². The molecule has 0 rings (SSSR count). The second kappa shape index (κ2) is 4.13. The van der Waals surface area contributed by atoms with Crippen molar-refractivity contribution in [2.75, 3.05) is 6.61 Å². The maximum Gasteiger partial charge on any atom is 0.394 e. The van der Waals surface area contributed by atoms with Crippen LogP contribution in [-0.2, 0) is 9.36 Å². The van der Waals surface area contributed by atoms with Crippen LogP contribution in [0.25, 0.3) is 0 Å². The van der Waals surface area contributed by atoms with Crippen molar-refractivity contribution in [1.29, 1.82) is 0 Å². The van der Waals surface area contributed by atoms with Gasteiger partial charge in [0, 0.05) is 6.42 Å². The Bertz CT molecular complexity index is 256. The zero-order valence-electron chi connectivity index (χ0n) is 6.75. The first-order valence-corrected chi connectivity index (χ1v) is 4.94. The molecule has 0 aliphatic carbocycles. The largest absolute Gasteiger partial charge is 0.394 e. The molecule has 0 spiro atoms. The maximum absolute atomic E-state index is 10.9. The topological polar surface area (TPSA) is 115 Å². The smallest absolute Gasteiger partial charge is 0.393 e. The summed E-state index contributed by atoms with van der Waals surface area (Å²) in [4.78, 5) is 27.8. The third kappa shape index (κ3) is 3.02. The summed E-state index contributed by atoms with van der Waals surface area (Å²) in [6.45, 7) is 2.13. The minimum absolute atomic E-state index is 0.409. The highest BCUT2D eigenvalue weighted by Gasteiger charge is 2.44. The first kappa shape index (κ1) is 12.5. The zero-order valence-corrected chi connectivity index (χ0v) is 7.65. The van der Waals surface area contributed by atoms with Crippen LogP contribution in [0.2, 0.25) is 0 Å². The molecule has 0 fully saturated rings. The molecule has 0 saturated carbocycles. The Hall–Kier alpha value is -0.520. The molecule has 0 heterocycles. The molecule has 0 bridgehead atoms. The number of hydrogen-bond donors (Lipinski definition) is 4. The highest BCUT2D eigenvalue weighted by molar-refractivity contribution is 7.70. The summed E-state index contributed by atoms with van der Waals surface area (Å²) in [5, 5.41) is 17.8. The average Bonchev–Trinajstić information content (AvgIpc) is 2.02. The van der Waals surface area contributed by atoms with Crippen LogP contribution in [0.3, 0.4) is 0 Å². The molecule has 0 saturated heterocycles. The van der Waals surface area contributed by atoms with Crippen LogP contribution in [0, 0.1) is 0 Å². The Morgan fingerprint density at radius 1 is 1.54 bits per heavy atom. The summed E-state index contributed by atoms with van der Waals surface area (Å²) in [6, 6.07) is 0. The molecule has 0 aromatic rings. The fourth-order valence-corrected chi connectivity index (χ4v) is 1.43. The molecule has 0 aromatic heterocycles. The number of carbonyl (C=O) groups excluding carboxylic acids is 1. The van der Waals surface area contributed by atoms with Crippen LogP contribution in [0.5, 0.6) is 0 Å². The van der Waals surface area contributed by atoms with E-state index in [0.717, 1.165) is 6.08 Å². The standard InChI is InChI=1S/C6H11O6P/c1-2-3-6(9,4-7)5(8)13(10,11)12/h2,7,9H,1,3-4H2,(H2,10,11,12).